The Balaban J connectivity index is 1.49. The van der Waals surface area contributed by atoms with Gasteiger partial charge in [0, 0.05) is 48.1 Å². The van der Waals surface area contributed by atoms with E-state index in [1.165, 1.54) is 11.3 Å². The van der Waals surface area contributed by atoms with E-state index in [0.717, 1.165) is 43.9 Å². The van der Waals surface area contributed by atoms with Gasteiger partial charge < -0.3 is 5.32 Å². The van der Waals surface area contributed by atoms with Crippen LogP contribution in [0.4, 0.5) is 0 Å². The molecule has 9 heteroatoms. The molecule has 7 nitrogen and oxygen atoms in total. The lowest BCUT2D eigenvalue weighted by atomic mass is 10.0. The Labute approximate surface area is 199 Å². The van der Waals surface area contributed by atoms with E-state index in [1.807, 2.05) is 63.6 Å². The lowest BCUT2D eigenvalue weighted by Gasteiger charge is -2.07. The summed E-state index contributed by atoms with van der Waals surface area (Å²) in [5, 5.41) is 13.3. The highest BCUT2D eigenvalue weighted by atomic mass is 35.5. The summed E-state index contributed by atoms with van der Waals surface area (Å²) in [6.45, 7) is 4.20. The smallest absolute Gasteiger partial charge is 0.262 e. The van der Waals surface area contributed by atoms with Crippen molar-refractivity contribution in [2.75, 3.05) is 0 Å². The molecule has 0 aliphatic rings. The van der Waals surface area contributed by atoms with Gasteiger partial charge in [0.1, 0.15) is 9.71 Å². The molecule has 1 aromatic carbocycles. The van der Waals surface area contributed by atoms with Gasteiger partial charge in [-0.3, -0.25) is 9.48 Å². The molecule has 4 heterocycles. The molecule has 0 radical (unpaired) electrons. The minimum Gasteiger partial charge on any atom is -0.347 e. The summed E-state index contributed by atoms with van der Waals surface area (Å²) in [5.41, 5.74) is 5.21. The Bertz CT molecular complexity index is 1480. The topological polar surface area (TPSA) is 77.6 Å². The first-order chi connectivity index (χ1) is 15.9. The fraction of sp³-hybridized carbons (Fsp3) is 0.167. The lowest BCUT2D eigenvalue weighted by molar-refractivity contribution is 0.0955. The molecule has 0 bridgehead atoms. The van der Waals surface area contributed by atoms with Gasteiger partial charge in [0.05, 0.1) is 28.8 Å². The third kappa shape index (κ3) is 3.92. The molecule has 4 aromatic heterocycles. The van der Waals surface area contributed by atoms with Gasteiger partial charge in [0.25, 0.3) is 5.91 Å². The summed E-state index contributed by atoms with van der Waals surface area (Å²) in [6, 6.07) is 9.85. The Morgan fingerprint density at radius 1 is 1.12 bits per heavy atom. The molecular formula is C24H21ClN6OS. The van der Waals surface area contributed by atoms with Crippen molar-refractivity contribution in [3.63, 3.8) is 0 Å². The average Bonchev–Trinajstić information content (AvgIpc) is 3.55. The molecule has 0 spiro atoms. The number of thiophene rings is 1. The number of amides is 1. The maximum atomic E-state index is 13.3. The van der Waals surface area contributed by atoms with Crippen LogP contribution in [0, 0.1) is 13.8 Å². The number of nitrogens with zero attached hydrogens (tertiary/aromatic N) is 5. The zero-order valence-corrected chi connectivity index (χ0v) is 19.9. The van der Waals surface area contributed by atoms with Gasteiger partial charge in [0.15, 0.2) is 0 Å². The number of nitrogens with one attached hydrogen (secondary N) is 1. The molecule has 33 heavy (non-hydrogen) atoms. The van der Waals surface area contributed by atoms with E-state index >= 15 is 0 Å². The standard InChI is InChI=1S/C24H21ClN6OS/c1-14-19-20(17-11-27-30(3)13-17)22(33-24(19)29-15(2)21(14)25)23(32)26-9-16-10-28-31(12-16)18-7-5-4-6-8-18/h4-8,10-13H,9H2,1-3H3,(H,26,32). The maximum absolute atomic E-state index is 13.3. The van der Waals surface area contributed by atoms with Crippen molar-refractivity contribution in [2.45, 2.75) is 20.4 Å². The van der Waals surface area contributed by atoms with E-state index in [-0.39, 0.29) is 5.91 Å². The molecule has 0 atom stereocenters. The van der Waals surface area contributed by atoms with E-state index in [2.05, 4.69) is 20.5 Å². The van der Waals surface area contributed by atoms with Gasteiger partial charge in [-0.25, -0.2) is 9.67 Å². The first kappa shape index (κ1) is 21.4. The summed E-state index contributed by atoms with van der Waals surface area (Å²) in [7, 11) is 1.85. The Hall–Kier alpha value is -3.49. The van der Waals surface area contributed by atoms with Gasteiger partial charge in [-0.1, -0.05) is 29.8 Å². The van der Waals surface area contributed by atoms with Crippen molar-refractivity contribution in [1.82, 2.24) is 29.9 Å². The van der Waals surface area contributed by atoms with Gasteiger partial charge in [-0.15, -0.1) is 11.3 Å². The number of aromatic nitrogens is 5. The number of para-hydroxylation sites is 1. The minimum absolute atomic E-state index is 0.169. The molecular weight excluding hydrogens is 456 g/mol. The van der Waals surface area contributed by atoms with E-state index in [1.54, 1.807) is 21.8 Å². The summed E-state index contributed by atoms with van der Waals surface area (Å²) in [5.74, 6) is -0.169. The zero-order valence-electron chi connectivity index (χ0n) is 18.3. The van der Waals surface area contributed by atoms with Gasteiger partial charge in [0.2, 0.25) is 0 Å². The molecule has 5 aromatic rings. The van der Waals surface area contributed by atoms with E-state index < -0.39 is 0 Å². The molecule has 1 N–H and O–H groups in total. The van der Waals surface area contributed by atoms with Crippen LogP contribution in [0.5, 0.6) is 0 Å². The number of hydrogen-bond acceptors (Lipinski definition) is 5. The largest absolute Gasteiger partial charge is 0.347 e. The van der Waals surface area contributed by atoms with Crippen molar-refractivity contribution >= 4 is 39.1 Å². The first-order valence-electron chi connectivity index (χ1n) is 10.4. The van der Waals surface area contributed by atoms with Crippen LogP contribution < -0.4 is 5.32 Å². The van der Waals surface area contributed by atoms with Crippen LogP contribution in [-0.4, -0.2) is 30.5 Å². The van der Waals surface area contributed by atoms with E-state index in [9.17, 15) is 4.79 Å². The highest BCUT2D eigenvalue weighted by Crippen LogP contribution is 2.42. The number of aryl methyl sites for hydroxylation is 3. The van der Waals surface area contributed by atoms with Crippen molar-refractivity contribution < 1.29 is 4.79 Å². The van der Waals surface area contributed by atoms with Gasteiger partial charge in [-0.05, 0) is 31.5 Å². The SMILES string of the molecule is Cc1nc2sc(C(=O)NCc3cnn(-c4ccccc4)c3)c(-c3cnn(C)c3)c2c(C)c1Cl. The van der Waals surface area contributed by atoms with Crippen LogP contribution >= 0.6 is 22.9 Å². The van der Waals surface area contributed by atoms with Crippen LogP contribution in [0.2, 0.25) is 5.02 Å². The number of halogens is 1. The fourth-order valence-electron chi connectivity index (χ4n) is 3.85. The molecule has 5 rings (SSSR count). The minimum atomic E-state index is -0.169. The summed E-state index contributed by atoms with van der Waals surface area (Å²) < 4.78 is 3.51. The second-order valence-corrected chi connectivity index (χ2v) is 9.21. The molecule has 166 valence electrons. The van der Waals surface area contributed by atoms with Gasteiger partial charge in [-0.2, -0.15) is 10.2 Å². The molecule has 0 aliphatic carbocycles. The number of carbonyl (C=O) groups is 1. The molecule has 0 saturated carbocycles. The third-order valence-electron chi connectivity index (χ3n) is 5.49. The fourth-order valence-corrected chi connectivity index (χ4v) is 5.21. The summed E-state index contributed by atoms with van der Waals surface area (Å²) >= 11 is 7.89. The van der Waals surface area contributed by atoms with Crippen molar-refractivity contribution in [3.8, 4) is 16.8 Å². The average molecular weight is 477 g/mol. The number of pyridine rings is 1. The first-order valence-corrected chi connectivity index (χ1v) is 11.6. The predicted molar refractivity (Wildman–Crippen MR) is 131 cm³/mol. The van der Waals surface area contributed by atoms with Crippen LogP contribution in [0.15, 0.2) is 55.1 Å². The number of benzene rings is 1. The quantitative estimate of drug-likeness (QED) is 0.383. The molecule has 1 amide bonds. The monoisotopic (exact) mass is 476 g/mol. The summed E-state index contributed by atoms with van der Waals surface area (Å²) in [4.78, 5) is 19.4. The Morgan fingerprint density at radius 3 is 2.64 bits per heavy atom. The maximum Gasteiger partial charge on any atom is 0.262 e. The van der Waals surface area contributed by atoms with Gasteiger partial charge >= 0.3 is 0 Å². The normalized spacial score (nSPS) is 11.3. The third-order valence-corrected chi connectivity index (χ3v) is 7.13. The second-order valence-electron chi connectivity index (χ2n) is 7.84. The second kappa shape index (κ2) is 8.46. The number of rotatable bonds is 5. The van der Waals surface area contributed by atoms with Crippen LogP contribution in [0.25, 0.3) is 27.0 Å². The van der Waals surface area contributed by atoms with Crippen molar-refractivity contribution in [3.05, 3.63) is 81.8 Å². The van der Waals surface area contributed by atoms with Crippen LogP contribution in [0.1, 0.15) is 26.5 Å². The number of carbonyl (C=O) groups excluding carboxylic acids is 1. The van der Waals surface area contributed by atoms with Crippen LogP contribution in [-0.2, 0) is 13.6 Å². The molecule has 0 fully saturated rings. The highest BCUT2D eigenvalue weighted by molar-refractivity contribution is 7.21. The zero-order chi connectivity index (χ0) is 23.1. The Kier molecular flexibility index (Phi) is 5.47. The Morgan fingerprint density at radius 2 is 1.91 bits per heavy atom. The number of fused-ring (bicyclic) bond motifs is 1. The summed E-state index contributed by atoms with van der Waals surface area (Å²) in [6.07, 6.45) is 7.33. The molecule has 0 unspecified atom stereocenters. The van der Waals surface area contributed by atoms with E-state index in [4.69, 9.17) is 11.6 Å². The van der Waals surface area contributed by atoms with Crippen molar-refractivity contribution in [2.24, 2.45) is 7.05 Å². The highest BCUT2D eigenvalue weighted by Gasteiger charge is 2.24. The molecule has 0 aliphatic heterocycles. The number of hydrogen-bond donors (Lipinski definition) is 1. The predicted octanol–water partition coefficient (Wildman–Crippen LogP) is 5.08. The van der Waals surface area contributed by atoms with Crippen molar-refractivity contribution in [1.29, 1.82) is 0 Å². The molecule has 0 saturated heterocycles. The lowest BCUT2D eigenvalue weighted by Crippen LogP contribution is -2.22. The van der Waals surface area contributed by atoms with Crippen LogP contribution in [0.3, 0.4) is 0 Å². The van der Waals surface area contributed by atoms with E-state index in [0.29, 0.717) is 16.4 Å².